The summed E-state index contributed by atoms with van der Waals surface area (Å²) in [7, 11) is 0. The first kappa shape index (κ1) is 21.0. The van der Waals surface area contributed by atoms with E-state index in [0.29, 0.717) is 30.4 Å². The third-order valence-electron chi connectivity index (χ3n) is 6.68. The summed E-state index contributed by atoms with van der Waals surface area (Å²) in [4.78, 5) is 52.6. The third kappa shape index (κ3) is 3.11. The van der Waals surface area contributed by atoms with E-state index < -0.39 is 46.4 Å². The Kier molecular flexibility index (Phi) is 4.66. The molecule has 2 amide bonds. The summed E-state index contributed by atoms with van der Waals surface area (Å²) in [5.74, 6) is -2.37. The molecule has 2 aromatic carbocycles. The summed E-state index contributed by atoms with van der Waals surface area (Å²) >= 11 is 0. The first-order valence-corrected chi connectivity index (χ1v) is 11.0. The topological polar surface area (TPSA) is 132 Å². The quantitative estimate of drug-likeness (QED) is 0.284. The zero-order valence-electron chi connectivity index (χ0n) is 18.1. The second-order valence-corrected chi connectivity index (χ2v) is 8.53. The Morgan fingerprint density at radius 1 is 1.03 bits per heavy atom. The molecule has 11 heteroatoms. The highest BCUT2D eigenvalue weighted by Gasteiger charge is 2.64. The predicted molar refractivity (Wildman–Crippen MR) is 121 cm³/mol. The van der Waals surface area contributed by atoms with Crippen molar-refractivity contribution in [1.82, 2.24) is 5.01 Å². The second-order valence-electron chi connectivity index (χ2n) is 8.53. The van der Waals surface area contributed by atoms with E-state index in [1.807, 2.05) is 0 Å². The number of rotatable bonds is 4. The molecule has 2 saturated heterocycles. The summed E-state index contributed by atoms with van der Waals surface area (Å²) in [6.45, 7) is 0.757. The Hall–Kier alpha value is -4.54. The van der Waals surface area contributed by atoms with E-state index in [-0.39, 0.29) is 11.3 Å². The number of benzene rings is 2. The number of hydrogen-bond acceptors (Lipinski definition) is 9. The van der Waals surface area contributed by atoms with Crippen LogP contribution in [-0.2, 0) is 9.59 Å². The predicted octanol–water partition coefficient (Wildman–Crippen LogP) is 1.96. The van der Waals surface area contributed by atoms with Gasteiger partial charge in [-0.1, -0.05) is 18.2 Å². The van der Waals surface area contributed by atoms with Crippen molar-refractivity contribution >= 4 is 35.2 Å². The van der Waals surface area contributed by atoms with Gasteiger partial charge >= 0.3 is 0 Å². The maximum Gasteiger partial charge on any atom is 0.270 e. The van der Waals surface area contributed by atoms with Crippen LogP contribution in [0.5, 0.6) is 11.5 Å². The van der Waals surface area contributed by atoms with Crippen molar-refractivity contribution in [2.24, 2.45) is 16.9 Å². The van der Waals surface area contributed by atoms with Crippen LogP contribution in [0.3, 0.4) is 0 Å². The molecule has 4 aliphatic rings. The van der Waals surface area contributed by atoms with Crippen molar-refractivity contribution in [3.63, 3.8) is 0 Å². The van der Waals surface area contributed by atoms with E-state index in [2.05, 4.69) is 5.10 Å². The fourth-order valence-corrected chi connectivity index (χ4v) is 5.21. The smallest absolute Gasteiger partial charge is 0.270 e. The van der Waals surface area contributed by atoms with E-state index in [1.165, 1.54) is 35.5 Å². The summed E-state index contributed by atoms with van der Waals surface area (Å²) in [5.41, 5.74) is 0.164. The number of non-ortho nitro benzene ring substituents is 1. The molecule has 0 N–H and O–H groups in total. The van der Waals surface area contributed by atoms with Crippen LogP contribution in [0, 0.1) is 22.0 Å². The number of hydrogen-bond donors (Lipinski definition) is 0. The van der Waals surface area contributed by atoms with E-state index >= 15 is 0 Å². The summed E-state index contributed by atoms with van der Waals surface area (Å²) in [6, 6.07) is 8.47. The number of ether oxygens (including phenoxy) is 2. The molecule has 0 spiro atoms. The largest absolute Gasteiger partial charge is 0.486 e. The highest BCUT2D eigenvalue weighted by atomic mass is 16.6. The molecule has 176 valence electrons. The molecule has 0 aliphatic carbocycles. The van der Waals surface area contributed by atoms with Gasteiger partial charge in [0.15, 0.2) is 17.3 Å². The van der Waals surface area contributed by atoms with Gasteiger partial charge in [-0.25, -0.2) is 4.90 Å². The molecular formula is C24H18N4O7. The minimum Gasteiger partial charge on any atom is -0.486 e. The number of nitrogens with zero attached hydrogens (tertiary/aromatic N) is 4. The maximum absolute atomic E-state index is 13.7. The molecule has 0 radical (unpaired) electrons. The Bertz CT molecular complexity index is 1350. The van der Waals surface area contributed by atoms with Crippen LogP contribution in [0.15, 0.2) is 59.7 Å². The Morgan fingerprint density at radius 2 is 1.80 bits per heavy atom. The number of imide groups is 1. The van der Waals surface area contributed by atoms with Gasteiger partial charge in [0.25, 0.3) is 5.69 Å². The zero-order valence-corrected chi connectivity index (χ0v) is 18.1. The molecule has 4 atom stereocenters. The van der Waals surface area contributed by atoms with E-state index in [9.17, 15) is 24.5 Å². The van der Waals surface area contributed by atoms with Gasteiger partial charge in [-0.15, -0.1) is 0 Å². The van der Waals surface area contributed by atoms with Crippen molar-refractivity contribution in [1.29, 1.82) is 0 Å². The molecule has 4 heterocycles. The summed E-state index contributed by atoms with van der Waals surface area (Å²) in [5, 5.41) is 17.0. The van der Waals surface area contributed by atoms with E-state index in [1.54, 1.807) is 30.4 Å². The lowest BCUT2D eigenvalue weighted by molar-refractivity contribution is -0.384. The number of carbonyl (C=O) groups excluding carboxylic acids is 3. The number of Topliss-reactive ketones (excluding diaryl/α,β-unsaturated/α-hetero) is 1. The number of carbonyl (C=O) groups is 3. The molecule has 2 fully saturated rings. The van der Waals surface area contributed by atoms with Crippen LogP contribution in [-0.4, -0.2) is 59.0 Å². The average Bonchev–Trinajstić information content (AvgIpc) is 3.35. The minimum absolute atomic E-state index is 0.0754. The number of nitro benzene ring substituents is 1. The van der Waals surface area contributed by atoms with Gasteiger partial charge in [0.2, 0.25) is 11.8 Å². The average molecular weight is 474 g/mol. The van der Waals surface area contributed by atoms with Crippen LogP contribution >= 0.6 is 0 Å². The maximum atomic E-state index is 13.7. The molecular weight excluding hydrogens is 456 g/mol. The Labute approximate surface area is 198 Å². The SMILES string of the molecule is O=C(c1cccc([N+](=O)[O-])c1)[C@@H]1[C@@H]2C(=O)N(c3ccc4c(c3)OCCO4)C(=O)[C@@H]2[C@H]2C=CC=NN21. The van der Waals surface area contributed by atoms with E-state index in [0.717, 1.165) is 4.90 Å². The van der Waals surface area contributed by atoms with Gasteiger partial charge in [0, 0.05) is 30.0 Å². The number of nitro groups is 1. The number of hydrazone groups is 1. The lowest BCUT2D eigenvalue weighted by Crippen LogP contribution is -2.46. The number of allylic oxidation sites excluding steroid dienone is 1. The highest BCUT2D eigenvalue weighted by molar-refractivity contribution is 6.24. The standard InChI is InChI=1S/C24H18N4O7/c29-22(13-3-1-4-15(11-13)28(32)33)21-20-19(16-5-2-8-25-27(16)21)23(30)26(24(20)31)14-6-7-17-18(12-14)35-10-9-34-17/h1-8,11-12,16,19-21H,9-10H2/t16-,19-,20-,21+/m1/s1. The van der Waals surface area contributed by atoms with Crippen LogP contribution < -0.4 is 14.4 Å². The normalized spacial score (nSPS) is 26.1. The van der Waals surface area contributed by atoms with Crippen molar-refractivity contribution in [3.8, 4) is 11.5 Å². The molecule has 0 unspecified atom stereocenters. The third-order valence-corrected chi connectivity index (χ3v) is 6.68. The van der Waals surface area contributed by atoms with Gasteiger partial charge in [-0.3, -0.25) is 29.5 Å². The highest BCUT2D eigenvalue weighted by Crippen LogP contribution is 2.47. The van der Waals surface area contributed by atoms with Gasteiger partial charge in [-0.05, 0) is 18.2 Å². The van der Waals surface area contributed by atoms with Crippen LogP contribution in [0.4, 0.5) is 11.4 Å². The zero-order chi connectivity index (χ0) is 24.3. The molecule has 35 heavy (non-hydrogen) atoms. The van der Waals surface area contributed by atoms with Crippen LogP contribution in [0.25, 0.3) is 0 Å². The van der Waals surface area contributed by atoms with Gasteiger partial charge in [0.1, 0.15) is 19.3 Å². The van der Waals surface area contributed by atoms with Crippen molar-refractivity contribution in [3.05, 3.63) is 70.3 Å². The number of fused-ring (bicyclic) bond motifs is 4. The fraction of sp³-hybridized carbons (Fsp3) is 0.250. The second kappa shape index (κ2) is 7.76. The van der Waals surface area contributed by atoms with E-state index in [4.69, 9.17) is 9.47 Å². The van der Waals surface area contributed by atoms with Crippen LogP contribution in [0.2, 0.25) is 0 Å². The first-order chi connectivity index (χ1) is 17.0. The summed E-state index contributed by atoms with van der Waals surface area (Å²) < 4.78 is 11.1. The molecule has 6 rings (SSSR count). The lowest BCUT2D eigenvalue weighted by atomic mass is 9.86. The van der Waals surface area contributed by atoms with Gasteiger partial charge < -0.3 is 9.47 Å². The van der Waals surface area contributed by atoms with Gasteiger partial charge in [0.05, 0.1) is 28.5 Å². The molecule has 4 aliphatic heterocycles. The lowest BCUT2D eigenvalue weighted by Gasteiger charge is -2.30. The Morgan fingerprint density at radius 3 is 2.60 bits per heavy atom. The molecule has 2 aromatic rings. The Balaban J connectivity index is 1.40. The number of anilines is 1. The molecule has 0 bridgehead atoms. The monoisotopic (exact) mass is 474 g/mol. The van der Waals surface area contributed by atoms with Crippen molar-refractivity contribution in [2.45, 2.75) is 12.1 Å². The van der Waals surface area contributed by atoms with Crippen molar-refractivity contribution in [2.75, 3.05) is 18.1 Å². The van der Waals surface area contributed by atoms with Crippen molar-refractivity contribution < 1.29 is 28.8 Å². The number of ketones is 1. The first-order valence-electron chi connectivity index (χ1n) is 11.0. The molecule has 0 aromatic heterocycles. The molecule has 11 nitrogen and oxygen atoms in total. The van der Waals surface area contributed by atoms with Crippen LogP contribution in [0.1, 0.15) is 10.4 Å². The minimum atomic E-state index is -1.09. The summed E-state index contributed by atoms with van der Waals surface area (Å²) in [6.07, 6.45) is 4.89. The molecule has 0 saturated carbocycles. The van der Waals surface area contributed by atoms with Gasteiger partial charge in [-0.2, -0.15) is 5.10 Å². The fourth-order valence-electron chi connectivity index (χ4n) is 5.21. The number of amides is 2.